The summed E-state index contributed by atoms with van der Waals surface area (Å²) in [6.45, 7) is 11.9. The van der Waals surface area contributed by atoms with Crippen LogP contribution >= 0.6 is 11.8 Å². The van der Waals surface area contributed by atoms with E-state index in [0.29, 0.717) is 12.3 Å². The van der Waals surface area contributed by atoms with Crippen LogP contribution in [0.25, 0.3) is 10.4 Å². The monoisotopic (exact) mass is 409 g/mol. The van der Waals surface area contributed by atoms with E-state index in [1.165, 1.54) is 18.1 Å². The third kappa shape index (κ3) is 10.1. The number of Topliss-reactive ketones (excluding diaryl/α,β-unsaturated/α-hetero) is 1. The number of thioether (sulfide) groups is 1. The number of hydrogen-bond donors (Lipinski definition) is 0. The molecule has 0 saturated carbocycles. The second-order valence-corrected chi connectivity index (χ2v) is 20.8. The van der Waals surface area contributed by atoms with Crippen molar-refractivity contribution in [2.45, 2.75) is 75.8 Å². The van der Waals surface area contributed by atoms with Gasteiger partial charge in [0, 0.05) is 31.8 Å². The minimum absolute atomic E-state index is 0.297. The second kappa shape index (κ2) is 10.9. The fraction of sp³-hybridized carbons (Fsp3) is 0.706. The zero-order chi connectivity index (χ0) is 19.6. The van der Waals surface area contributed by atoms with Crippen molar-refractivity contribution < 1.29 is 4.79 Å². The van der Waals surface area contributed by atoms with Gasteiger partial charge in [-0.05, 0) is 29.8 Å². The summed E-state index contributed by atoms with van der Waals surface area (Å²) < 4.78 is 0. The molecule has 9 heteroatoms. The number of carbonyl (C=O) groups is 1. The van der Waals surface area contributed by atoms with Crippen LogP contribution in [0.3, 0.4) is 0 Å². The van der Waals surface area contributed by atoms with Gasteiger partial charge in [0.1, 0.15) is 5.78 Å². The van der Waals surface area contributed by atoms with Gasteiger partial charge in [0.2, 0.25) is 0 Å². The highest BCUT2D eigenvalue weighted by Gasteiger charge is 2.31. The molecule has 1 heterocycles. The molecule has 0 aliphatic heterocycles. The van der Waals surface area contributed by atoms with Gasteiger partial charge in [-0.25, -0.2) is 9.97 Å². The van der Waals surface area contributed by atoms with Crippen molar-refractivity contribution in [1.29, 1.82) is 0 Å². The molecule has 0 aliphatic carbocycles. The molecule has 0 bridgehead atoms. The van der Waals surface area contributed by atoms with Crippen LogP contribution in [0, 0.1) is 0 Å². The van der Waals surface area contributed by atoms with E-state index in [4.69, 9.17) is 5.53 Å². The maximum Gasteiger partial charge on any atom is 0.187 e. The third-order valence-corrected chi connectivity index (χ3v) is 17.7. The van der Waals surface area contributed by atoms with Gasteiger partial charge in [-0.15, -0.1) is 0 Å². The van der Waals surface area contributed by atoms with Gasteiger partial charge >= 0.3 is 0 Å². The quantitative estimate of drug-likeness (QED) is 0.0850. The van der Waals surface area contributed by atoms with Crippen molar-refractivity contribution in [3.8, 4) is 0 Å². The van der Waals surface area contributed by atoms with Gasteiger partial charge < -0.3 is 4.79 Å². The first-order valence-electron chi connectivity index (χ1n) is 9.08. The largest absolute Gasteiger partial charge is 0.300 e. The minimum Gasteiger partial charge on any atom is -0.300 e. The molecule has 0 aromatic carbocycles. The lowest BCUT2D eigenvalue weighted by atomic mass is 10.2. The van der Waals surface area contributed by atoms with Gasteiger partial charge in [-0.2, -0.15) is 0 Å². The summed E-state index contributed by atoms with van der Waals surface area (Å²) in [7, 11) is -2.55. The highest BCUT2D eigenvalue weighted by molar-refractivity contribution is 8.00. The van der Waals surface area contributed by atoms with Crippen molar-refractivity contribution in [1.82, 2.24) is 9.97 Å². The Hall–Kier alpha value is -1.16. The van der Waals surface area contributed by atoms with E-state index >= 15 is 0 Å². The molecule has 1 aromatic heterocycles. The van der Waals surface area contributed by atoms with Crippen LogP contribution in [0.4, 0.5) is 0 Å². The van der Waals surface area contributed by atoms with E-state index in [9.17, 15) is 4.79 Å². The normalized spacial score (nSPS) is 11.9. The van der Waals surface area contributed by atoms with Gasteiger partial charge in [0.25, 0.3) is 0 Å². The Kier molecular flexibility index (Phi) is 9.56. The highest BCUT2D eigenvalue weighted by atomic mass is 32.2. The number of aromatic nitrogens is 2. The lowest BCUT2D eigenvalue weighted by molar-refractivity contribution is -0.117. The average Bonchev–Trinajstić information content (AvgIpc) is 2.55. The van der Waals surface area contributed by atoms with Crippen LogP contribution in [0.1, 0.15) is 31.7 Å². The first kappa shape index (κ1) is 22.9. The number of unbranched alkanes of at least 4 members (excludes halogenated alkanes) is 1. The Morgan fingerprint density at radius 2 is 1.85 bits per heavy atom. The molecule has 0 amide bonds. The highest BCUT2D eigenvalue weighted by Crippen LogP contribution is 2.29. The zero-order valence-electron chi connectivity index (χ0n) is 16.7. The fourth-order valence-corrected chi connectivity index (χ4v) is 19.2. The summed E-state index contributed by atoms with van der Waals surface area (Å²) >= 11 is 1.75. The lowest BCUT2D eigenvalue weighted by Gasteiger charge is -2.32. The summed E-state index contributed by atoms with van der Waals surface area (Å²) in [6.07, 6.45) is 6.44. The van der Waals surface area contributed by atoms with E-state index in [2.05, 4.69) is 46.2 Å². The number of carbonyl (C=O) groups excluding carboxylic acids is 1. The van der Waals surface area contributed by atoms with Crippen molar-refractivity contribution >= 4 is 33.7 Å². The molecule has 6 nitrogen and oxygen atoms in total. The molecule has 0 spiro atoms. The molecule has 0 unspecified atom stereocenters. The Bertz CT molecular complexity index is 631. The molecule has 0 N–H and O–H groups in total. The predicted molar refractivity (Wildman–Crippen MR) is 115 cm³/mol. The maximum atomic E-state index is 11.1. The predicted octanol–water partition coefficient (Wildman–Crippen LogP) is 5.63. The summed E-state index contributed by atoms with van der Waals surface area (Å²) in [5, 5.41) is 5.44. The molecule has 0 fully saturated rings. The van der Waals surface area contributed by atoms with Gasteiger partial charge in [0.15, 0.2) is 5.16 Å². The molecule has 0 radical (unpaired) electrons. The Morgan fingerprint density at radius 1 is 1.19 bits per heavy atom. The number of azide groups is 1. The van der Waals surface area contributed by atoms with Crippen LogP contribution in [-0.2, 0) is 11.3 Å². The van der Waals surface area contributed by atoms with Crippen molar-refractivity contribution in [3.05, 3.63) is 28.4 Å². The molecular weight excluding hydrogens is 378 g/mol. The molecular formula is C17H31N5OSSi2. The molecule has 1 aromatic rings. The van der Waals surface area contributed by atoms with Crippen LogP contribution in [0.5, 0.6) is 0 Å². The molecule has 0 saturated heterocycles. The Labute approximate surface area is 163 Å². The summed E-state index contributed by atoms with van der Waals surface area (Å²) in [6, 6.07) is 1.31. The number of ketones is 1. The van der Waals surface area contributed by atoms with E-state index in [0.717, 1.165) is 28.9 Å². The van der Waals surface area contributed by atoms with E-state index < -0.39 is 16.1 Å². The first-order valence-corrected chi connectivity index (χ1v) is 16.9. The van der Waals surface area contributed by atoms with Crippen LogP contribution in [0.15, 0.2) is 22.7 Å². The maximum absolute atomic E-state index is 11.1. The fourth-order valence-electron chi connectivity index (χ4n) is 3.28. The molecule has 0 aliphatic rings. The first-order chi connectivity index (χ1) is 12.1. The molecule has 0 atom stereocenters. The van der Waals surface area contributed by atoms with Gasteiger partial charge in [-0.3, -0.25) is 0 Å². The van der Waals surface area contributed by atoms with Crippen molar-refractivity contribution in [2.75, 3.05) is 5.38 Å². The Balaban J connectivity index is 2.46. The van der Waals surface area contributed by atoms with Crippen molar-refractivity contribution in [2.24, 2.45) is 5.11 Å². The third-order valence-electron chi connectivity index (χ3n) is 4.18. The topological polar surface area (TPSA) is 91.6 Å². The smallest absolute Gasteiger partial charge is 0.187 e. The molecule has 1 rings (SSSR count). The number of hydrogen-bond acceptors (Lipinski definition) is 5. The average molecular weight is 410 g/mol. The van der Waals surface area contributed by atoms with E-state index in [-0.39, 0.29) is 0 Å². The van der Waals surface area contributed by atoms with Gasteiger partial charge in [0.05, 0.1) is 14.6 Å². The van der Waals surface area contributed by atoms with E-state index in [1.807, 2.05) is 0 Å². The van der Waals surface area contributed by atoms with Crippen LogP contribution in [-0.4, -0.2) is 37.3 Å². The summed E-state index contributed by atoms with van der Waals surface area (Å²) in [5.41, 5.74) is 10.6. The summed E-state index contributed by atoms with van der Waals surface area (Å²) in [5.74, 6) is 0.307. The molecule has 144 valence electrons. The number of rotatable bonds is 12. The Morgan fingerprint density at radius 3 is 2.42 bits per heavy atom. The minimum atomic E-state index is -1.33. The second-order valence-electron chi connectivity index (χ2n) is 8.47. The SMILES string of the molecule is CC(=O)CCCC[Si](C)(C)C[Si](C)(C)CSc1ncc(CN=[N+]=[N-])cn1. The van der Waals surface area contributed by atoms with E-state index in [1.54, 1.807) is 31.1 Å². The zero-order valence-corrected chi connectivity index (χ0v) is 19.5. The molecule has 26 heavy (non-hydrogen) atoms. The van der Waals surface area contributed by atoms with Crippen molar-refractivity contribution in [3.63, 3.8) is 0 Å². The number of nitrogens with zero attached hydrogens (tertiary/aromatic N) is 5. The van der Waals surface area contributed by atoms with Crippen LogP contribution in [0.2, 0.25) is 37.9 Å². The standard InChI is InChI=1S/C17H31N5OSSi2/c1-15(23)8-6-7-9-25(2,3)14-26(4,5)13-24-17-19-10-16(11-20-17)12-21-22-18/h10-11H,6-9,12-14H2,1-5H3. The van der Waals surface area contributed by atoms with Gasteiger partial charge in [-0.1, -0.05) is 61.2 Å². The summed E-state index contributed by atoms with van der Waals surface area (Å²) in [4.78, 5) is 22.6. The van der Waals surface area contributed by atoms with Crippen LogP contribution < -0.4 is 0 Å². The lowest BCUT2D eigenvalue weighted by Crippen LogP contribution is -2.41.